The van der Waals surface area contributed by atoms with Crippen LogP contribution in [0.25, 0.3) is 0 Å². The van der Waals surface area contributed by atoms with Gasteiger partial charge in [-0.2, -0.15) is 5.26 Å². The number of hydrogen-bond donors (Lipinski definition) is 1. The van der Waals surface area contributed by atoms with Crippen molar-refractivity contribution in [3.63, 3.8) is 0 Å². The van der Waals surface area contributed by atoms with Crippen LogP contribution in [0.2, 0.25) is 0 Å². The Morgan fingerprint density at radius 2 is 2.50 bits per heavy atom. The topological polar surface area (TPSA) is 69.0 Å². The van der Waals surface area contributed by atoms with Crippen LogP contribution in [0.3, 0.4) is 0 Å². The van der Waals surface area contributed by atoms with Gasteiger partial charge in [0.2, 0.25) is 0 Å². The van der Waals surface area contributed by atoms with E-state index in [-0.39, 0.29) is 12.1 Å². The maximum Gasteiger partial charge on any atom is 0.331 e. The molecular weight excluding hydrogens is 180 g/mol. The molecule has 1 unspecified atom stereocenters. The van der Waals surface area contributed by atoms with Gasteiger partial charge >= 0.3 is 6.03 Å². The Balaban J connectivity index is 2.18. The first-order chi connectivity index (χ1) is 6.81. The number of urea groups is 1. The van der Waals surface area contributed by atoms with Crippen molar-refractivity contribution < 1.29 is 4.79 Å². The Morgan fingerprint density at radius 3 is 3.07 bits per heavy atom. The molecule has 2 heterocycles. The lowest BCUT2D eigenvalue weighted by Crippen LogP contribution is -2.23. The Morgan fingerprint density at radius 1 is 1.64 bits per heavy atom. The third-order valence-electron chi connectivity index (χ3n) is 2.07. The van der Waals surface area contributed by atoms with E-state index in [1.807, 2.05) is 18.2 Å². The van der Waals surface area contributed by atoms with E-state index >= 15 is 0 Å². The molecule has 70 valence electrons. The summed E-state index contributed by atoms with van der Waals surface area (Å²) in [6.45, 7) is 0.354. The average Bonchev–Trinajstić information content (AvgIpc) is 2.61. The second-order valence-electron chi connectivity index (χ2n) is 2.97. The summed E-state index contributed by atoms with van der Waals surface area (Å²) in [6.07, 6.45) is 3.47. The first kappa shape index (κ1) is 8.51. The van der Waals surface area contributed by atoms with Gasteiger partial charge in [-0.25, -0.2) is 9.69 Å². The lowest BCUT2D eigenvalue weighted by atomic mass is 10.2. The van der Waals surface area contributed by atoms with E-state index in [9.17, 15) is 4.79 Å². The van der Waals surface area contributed by atoms with Crippen molar-refractivity contribution in [3.05, 3.63) is 30.1 Å². The van der Waals surface area contributed by atoms with Gasteiger partial charge in [0.25, 0.3) is 0 Å². The van der Waals surface area contributed by atoms with Crippen molar-refractivity contribution in [1.82, 2.24) is 15.2 Å². The van der Waals surface area contributed by atoms with Gasteiger partial charge in [0, 0.05) is 6.20 Å². The zero-order chi connectivity index (χ0) is 9.97. The first-order valence-corrected chi connectivity index (χ1v) is 4.20. The van der Waals surface area contributed by atoms with Crippen molar-refractivity contribution >= 4 is 6.03 Å². The standard InChI is InChI=1S/C9H8N4O/c10-6-13-5-8(12-9(13)14)7-3-1-2-4-11-7/h1-4,8H,5H2,(H,12,14). The fourth-order valence-electron chi connectivity index (χ4n) is 1.37. The molecule has 2 rings (SSSR count). The summed E-state index contributed by atoms with van der Waals surface area (Å²) in [5.74, 6) is 0. The van der Waals surface area contributed by atoms with Gasteiger partial charge in [-0.3, -0.25) is 4.98 Å². The minimum Gasteiger partial charge on any atom is -0.327 e. The highest BCUT2D eigenvalue weighted by Gasteiger charge is 2.30. The zero-order valence-electron chi connectivity index (χ0n) is 7.34. The van der Waals surface area contributed by atoms with E-state index in [0.29, 0.717) is 6.54 Å². The second-order valence-corrected chi connectivity index (χ2v) is 2.97. The molecule has 1 fully saturated rings. The molecule has 2 amide bonds. The van der Waals surface area contributed by atoms with Gasteiger partial charge in [-0.15, -0.1) is 0 Å². The first-order valence-electron chi connectivity index (χ1n) is 4.20. The average molecular weight is 188 g/mol. The number of amides is 2. The number of hydrogen-bond acceptors (Lipinski definition) is 3. The number of carbonyl (C=O) groups is 1. The fourth-order valence-corrected chi connectivity index (χ4v) is 1.37. The number of carbonyl (C=O) groups excluding carboxylic acids is 1. The predicted molar refractivity (Wildman–Crippen MR) is 47.8 cm³/mol. The smallest absolute Gasteiger partial charge is 0.327 e. The minimum absolute atomic E-state index is 0.177. The van der Waals surface area contributed by atoms with Crippen LogP contribution in [0.15, 0.2) is 24.4 Å². The van der Waals surface area contributed by atoms with Gasteiger partial charge in [-0.1, -0.05) is 6.07 Å². The molecule has 0 aromatic carbocycles. The summed E-state index contributed by atoms with van der Waals surface area (Å²) in [7, 11) is 0. The zero-order valence-corrected chi connectivity index (χ0v) is 7.34. The van der Waals surface area contributed by atoms with E-state index in [1.165, 1.54) is 0 Å². The molecule has 1 aliphatic heterocycles. The predicted octanol–water partition coefficient (Wildman–Crippen LogP) is 0.629. The Bertz CT molecular complexity index is 384. The molecule has 0 radical (unpaired) electrons. The van der Waals surface area contributed by atoms with Crippen molar-refractivity contribution in [1.29, 1.82) is 5.26 Å². The van der Waals surface area contributed by atoms with Crippen molar-refractivity contribution in [2.24, 2.45) is 0 Å². The summed E-state index contributed by atoms with van der Waals surface area (Å²) < 4.78 is 0. The lowest BCUT2D eigenvalue weighted by molar-refractivity contribution is 0.232. The molecule has 0 bridgehead atoms. The molecule has 5 nitrogen and oxygen atoms in total. The Hall–Kier alpha value is -2.09. The van der Waals surface area contributed by atoms with Crippen LogP contribution < -0.4 is 5.32 Å². The summed E-state index contributed by atoms with van der Waals surface area (Å²) in [4.78, 5) is 16.3. The molecule has 1 aliphatic rings. The highest BCUT2D eigenvalue weighted by atomic mass is 16.2. The molecular formula is C9H8N4O. The van der Waals surface area contributed by atoms with Crippen LogP contribution >= 0.6 is 0 Å². The fraction of sp³-hybridized carbons (Fsp3) is 0.222. The van der Waals surface area contributed by atoms with Crippen molar-refractivity contribution in [2.45, 2.75) is 6.04 Å². The molecule has 1 N–H and O–H groups in total. The monoisotopic (exact) mass is 188 g/mol. The van der Waals surface area contributed by atoms with Crippen molar-refractivity contribution in [3.8, 4) is 6.19 Å². The molecule has 1 aromatic rings. The lowest BCUT2D eigenvalue weighted by Gasteiger charge is -2.06. The van der Waals surface area contributed by atoms with Gasteiger partial charge in [0.1, 0.15) is 0 Å². The third-order valence-corrected chi connectivity index (χ3v) is 2.07. The van der Waals surface area contributed by atoms with Gasteiger partial charge in [0.05, 0.1) is 18.3 Å². The van der Waals surface area contributed by atoms with E-state index < -0.39 is 0 Å². The second kappa shape index (κ2) is 3.34. The van der Waals surface area contributed by atoms with Crippen LogP contribution in [0, 0.1) is 11.5 Å². The molecule has 14 heavy (non-hydrogen) atoms. The molecule has 0 aliphatic carbocycles. The van der Waals surface area contributed by atoms with Gasteiger partial charge < -0.3 is 5.32 Å². The number of rotatable bonds is 1. The largest absolute Gasteiger partial charge is 0.331 e. The number of pyridine rings is 1. The molecule has 1 aromatic heterocycles. The normalized spacial score (nSPS) is 20.4. The van der Waals surface area contributed by atoms with Crippen LogP contribution in [0.5, 0.6) is 0 Å². The quantitative estimate of drug-likeness (QED) is 0.657. The van der Waals surface area contributed by atoms with Crippen LogP contribution in [0.1, 0.15) is 11.7 Å². The Kier molecular flexibility index (Phi) is 2.03. The number of aromatic nitrogens is 1. The van der Waals surface area contributed by atoms with E-state index in [2.05, 4.69) is 10.3 Å². The molecule has 5 heteroatoms. The molecule has 1 saturated heterocycles. The third kappa shape index (κ3) is 1.38. The highest BCUT2D eigenvalue weighted by Crippen LogP contribution is 2.16. The van der Waals surface area contributed by atoms with E-state index in [1.54, 1.807) is 12.4 Å². The molecule has 0 spiro atoms. The van der Waals surface area contributed by atoms with Gasteiger partial charge in [0.15, 0.2) is 6.19 Å². The van der Waals surface area contributed by atoms with Crippen molar-refractivity contribution in [2.75, 3.05) is 6.54 Å². The summed E-state index contributed by atoms with van der Waals surface area (Å²) in [5, 5.41) is 11.3. The van der Waals surface area contributed by atoms with Crippen LogP contribution in [0.4, 0.5) is 4.79 Å². The number of nitrogens with zero attached hydrogens (tertiary/aromatic N) is 3. The highest BCUT2D eigenvalue weighted by molar-refractivity contribution is 5.78. The summed E-state index contributed by atoms with van der Waals surface area (Å²) in [6, 6.07) is 4.95. The maximum absolute atomic E-state index is 11.2. The summed E-state index contributed by atoms with van der Waals surface area (Å²) >= 11 is 0. The minimum atomic E-state index is -0.358. The molecule has 1 atom stereocenters. The SMILES string of the molecule is N#CN1CC(c2ccccn2)NC1=O. The van der Waals surface area contributed by atoms with E-state index in [4.69, 9.17) is 5.26 Å². The number of nitriles is 1. The Labute approximate surface area is 81.0 Å². The number of nitrogens with one attached hydrogen (secondary N) is 1. The van der Waals surface area contributed by atoms with Gasteiger partial charge in [-0.05, 0) is 12.1 Å². The maximum atomic E-state index is 11.2. The summed E-state index contributed by atoms with van der Waals surface area (Å²) in [5.41, 5.74) is 0.776. The van der Waals surface area contributed by atoms with Crippen LogP contribution in [-0.2, 0) is 0 Å². The molecule has 0 saturated carbocycles. The van der Waals surface area contributed by atoms with Crippen LogP contribution in [-0.4, -0.2) is 22.5 Å². The van der Waals surface area contributed by atoms with E-state index in [0.717, 1.165) is 10.6 Å².